The molecule has 2 aromatic rings. The van der Waals surface area contributed by atoms with Crippen LogP contribution >= 0.6 is 0 Å². The van der Waals surface area contributed by atoms with E-state index in [2.05, 4.69) is 9.88 Å². The Labute approximate surface area is 155 Å². The molecule has 4 rings (SSSR count). The van der Waals surface area contributed by atoms with Crippen LogP contribution < -0.4 is 9.64 Å². The summed E-state index contributed by atoms with van der Waals surface area (Å²) in [6.07, 6.45) is 0.139. The Balaban J connectivity index is 1.34. The van der Waals surface area contributed by atoms with Gasteiger partial charge in [-0.3, -0.25) is 4.98 Å². The Kier molecular flexibility index (Phi) is 4.29. The van der Waals surface area contributed by atoms with Gasteiger partial charge < -0.3 is 14.7 Å². The van der Waals surface area contributed by atoms with Crippen molar-refractivity contribution in [2.75, 3.05) is 25.1 Å². The van der Waals surface area contributed by atoms with Gasteiger partial charge in [-0.2, -0.15) is 13.2 Å². The first kappa shape index (κ1) is 18.1. The molecule has 2 heterocycles. The molecule has 2 aliphatic rings. The number of hydrogen-bond donors (Lipinski definition) is 1. The van der Waals surface area contributed by atoms with Crippen molar-refractivity contribution in [1.82, 2.24) is 4.98 Å². The van der Waals surface area contributed by atoms with Gasteiger partial charge in [0.25, 0.3) is 0 Å². The summed E-state index contributed by atoms with van der Waals surface area (Å²) in [6, 6.07) is 7.05. The molecule has 144 valence electrons. The van der Waals surface area contributed by atoms with Crippen molar-refractivity contribution in [3.8, 4) is 5.75 Å². The first-order chi connectivity index (χ1) is 12.8. The predicted molar refractivity (Wildman–Crippen MR) is 94.6 cm³/mol. The van der Waals surface area contributed by atoms with Gasteiger partial charge in [0.1, 0.15) is 5.75 Å². The molecule has 0 radical (unpaired) electrons. The zero-order valence-electron chi connectivity index (χ0n) is 14.9. The number of alkyl halides is 3. The molecule has 1 aliphatic heterocycles. The van der Waals surface area contributed by atoms with Crippen molar-refractivity contribution < 1.29 is 23.0 Å². The number of nitrogens with zero attached hydrogens (tertiary/aromatic N) is 2. The summed E-state index contributed by atoms with van der Waals surface area (Å²) in [6.45, 7) is 1.62. The lowest BCUT2D eigenvalue weighted by molar-refractivity contribution is -0.137. The van der Waals surface area contributed by atoms with Crippen LogP contribution in [0.2, 0.25) is 0 Å². The van der Waals surface area contributed by atoms with Crippen LogP contribution in [0.25, 0.3) is 0 Å². The van der Waals surface area contributed by atoms with Crippen LogP contribution in [0.1, 0.15) is 30.1 Å². The molecule has 1 aromatic heterocycles. The molecule has 1 unspecified atom stereocenters. The second-order valence-corrected chi connectivity index (χ2v) is 7.63. The normalized spacial score (nSPS) is 20.1. The summed E-state index contributed by atoms with van der Waals surface area (Å²) in [5.74, 6) is 0.788. The minimum atomic E-state index is -4.31. The molecule has 1 aromatic carbocycles. The van der Waals surface area contributed by atoms with E-state index in [-0.39, 0.29) is 11.3 Å². The third kappa shape index (κ3) is 3.25. The maximum absolute atomic E-state index is 12.7. The van der Waals surface area contributed by atoms with Crippen LogP contribution in [-0.4, -0.2) is 30.3 Å². The summed E-state index contributed by atoms with van der Waals surface area (Å²) in [5.41, 5.74) is 1.05. The number of hydrogen-bond acceptors (Lipinski definition) is 4. The Bertz CT molecular complexity index is 809. The Morgan fingerprint density at radius 1 is 1.19 bits per heavy atom. The summed E-state index contributed by atoms with van der Waals surface area (Å²) < 4.78 is 43.3. The molecule has 1 spiro atoms. The van der Waals surface area contributed by atoms with Crippen molar-refractivity contribution in [3.05, 3.63) is 53.9 Å². The van der Waals surface area contributed by atoms with Gasteiger partial charge in [-0.1, -0.05) is 0 Å². The molecule has 1 saturated heterocycles. The predicted octanol–water partition coefficient (Wildman–Crippen LogP) is 4.06. The van der Waals surface area contributed by atoms with Crippen molar-refractivity contribution >= 4 is 5.69 Å². The number of anilines is 1. The van der Waals surface area contributed by atoms with E-state index >= 15 is 0 Å². The number of rotatable bonds is 4. The summed E-state index contributed by atoms with van der Waals surface area (Å²) in [7, 11) is 1.57. The number of ether oxygens (including phenoxy) is 1. The molecule has 0 bridgehead atoms. The van der Waals surface area contributed by atoms with E-state index in [1.54, 1.807) is 25.6 Å². The fourth-order valence-corrected chi connectivity index (χ4v) is 4.40. The molecule has 27 heavy (non-hydrogen) atoms. The van der Waals surface area contributed by atoms with Gasteiger partial charge in [-0.05, 0) is 49.1 Å². The van der Waals surface area contributed by atoms with Crippen LogP contribution in [0.15, 0.2) is 42.7 Å². The SMILES string of the molecule is COc1ccncc1C(O)C1CC2(C1)CN(c1ccc(C(F)(F)F)cc1)C2. The van der Waals surface area contributed by atoms with E-state index in [1.807, 2.05) is 0 Å². The number of methoxy groups -OCH3 is 1. The van der Waals surface area contributed by atoms with E-state index in [1.165, 1.54) is 12.1 Å². The van der Waals surface area contributed by atoms with Gasteiger partial charge >= 0.3 is 6.18 Å². The highest BCUT2D eigenvalue weighted by atomic mass is 19.4. The zero-order valence-corrected chi connectivity index (χ0v) is 14.9. The fourth-order valence-electron chi connectivity index (χ4n) is 4.40. The summed E-state index contributed by atoms with van der Waals surface area (Å²) >= 11 is 0. The van der Waals surface area contributed by atoms with E-state index in [4.69, 9.17) is 4.74 Å². The number of halogens is 3. The first-order valence-electron chi connectivity index (χ1n) is 8.89. The Morgan fingerprint density at radius 2 is 1.85 bits per heavy atom. The average Bonchev–Trinajstić information content (AvgIpc) is 2.58. The lowest BCUT2D eigenvalue weighted by Crippen LogP contribution is -2.63. The smallest absolute Gasteiger partial charge is 0.416 e. The van der Waals surface area contributed by atoms with Crippen molar-refractivity contribution in [3.63, 3.8) is 0 Å². The van der Waals surface area contributed by atoms with Crippen LogP contribution in [0.4, 0.5) is 18.9 Å². The number of aliphatic hydroxyl groups excluding tert-OH is 1. The lowest BCUT2D eigenvalue weighted by Gasteiger charge is -2.60. The molecule has 2 fully saturated rings. The molecule has 1 aliphatic carbocycles. The van der Waals surface area contributed by atoms with Gasteiger partial charge in [0.15, 0.2) is 0 Å². The van der Waals surface area contributed by atoms with E-state index in [0.717, 1.165) is 43.8 Å². The second-order valence-electron chi connectivity index (χ2n) is 7.63. The van der Waals surface area contributed by atoms with E-state index in [9.17, 15) is 18.3 Å². The van der Waals surface area contributed by atoms with E-state index in [0.29, 0.717) is 11.3 Å². The van der Waals surface area contributed by atoms with Gasteiger partial charge in [-0.15, -0.1) is 0 Å². The van der Waals surface area contributed by atoms with Crippen molar-refractivity contribution in [2.45, 2.75) is 25.1 Å². The highest BCUT2D eigenvalue weighted by Crippen LogP contribution is 2.56. The molecule has 1 atom stereocenters. The van der Waals surface area contributed by atoms with Crippen LogP contribution in [0.3, 0.4) is 0 Å². The number of benzene rings is 1. The largest absolute Gasteiger partial charge is 0.496 e. The molecule has 7 heteroatoms. The fraction of sp³-hybridized carbons (Fsp3) is 0.450. The number of aliphatic hydroxyl groups is 1. The molecule has 1 N–H and O–H groups in total. The molecule has 4 nitrogen and oxygen atoms in total. The third-order valence-corrected chi connectivity index (χ3v) is 5.80. The number of pyridine rings is 1. The van der Waals surface area contributed by atoms with Crippen LogP contribution in [-0.2, 0) is 6.18 Å². The highest BCUT2D eigenvalue weighted by Gasteiger charge is 2.54. The highest BCUT2D eigenvalue weighted by molar-refractivity contribution is 5.52. The van der Waals surface area contributed by atoms with Crippen LogP contribution in [0.5, 0.6) is 5.75 Å². The van der Waals surface area contributed by atoms with Gasteiger partial charge in [-0.25, -0.2) is 0 Å². The maximum atomic E-state index is 12.7. The third-order valence-electron chi connectivity index (χ3n) is 5.80. The molecule has 0 amide bonds. The molecular weight excluding hydrogens is 357 g/mol. The molecular formula is C20H21F3N2O2. The maximum Gasteiger partial charge on any atom is 0.416 e. The van der Waals surface area contributed by atoms with Crippen molar-refractivity contribution in [2.24, 2.45) is 11.3 Å². The Hall–Kier alpha value is -2.28. The monoisotopic (exact) mass is 378 g/mol. The Morgan fingerprint density at radius 3 is 2.44 bits per heavy atom. The quantitative estimate of drug-likeness (QED) is 0.872. The minimum Gasteiger partial charge on any atom is -0.496 e. The summed E-state index contributed by atoms with van der Waals surface area (Å²) in [5, 5.41) is 10.7. The second kappa shape index (κ2) is 6.41. The average molecular weight is 378 g/mol. The van der Waals surface area contributed by atoms with E-state index < -0.39 is 17.8 Å². The lowest BCUT2D eigenvalue weighted by atomic mass is 9.55. The zero-order chi connectivity index (χ0) is 19.2. The molecule has 1 saturated carbocycles. The number of aromatic nitrogens is 1. The van der Waals surface area contributed by atoms with Crippen molar-refractivity contribution in [1.29, 1.82) is 0 Å². The topological polar surface area (TPSA) is 45.6 Å². The minimum absolute atomic E-state index is 0.151. The summed E-state index contributed by atoms with van der Waals surface area (Å²) in [4.78, 5) is 6.16. The first-order valence-corrected chi connectivity index (χ1v) is 8.89. The van der Waals surface area contributed by atoms with Gasteiger partial charge in [0.2, 0.25) is 0 Å². The van der Waals surface area contributed by atoms with Crippen LogP contribution in [0, 0.1) is 11.3 Å². The van der Waals surface area contributed by atoms with Gasteiger partial charge in [0.05, 0.1) is 18.8 Å². The standard InChI is InChI=1S/C20H21F3N2O2/c1-27-17-6-7-24-10-16(17)18(26)13-8-19(9-13)11-25(12-19)15-4-2-14(3-5-15)20(21,22)23/h2-7,10,13,18,26H,8-9,11-12H2,1H3. The van der Waals surface area contributed by atoms with Gasteiger partial charge in [0, 0.05) is 42.1 Å².